The van der Waals surface area contributed by atoms with Gasteiger partial charge in [0, 0.05) is 47.9 Å². The van der Waals surface area contributed by atoms with Crippen molar-refractivity contribution in [1.82, 2.24) is 0 Å². The van der Waals surface area contributed by atoms with Crippen LogP contribution in [0.5, 0.6) is 0 Å². The molecule has 4 atom stereocenters. The smallest absolute Gasteiger partial charge is 0.387 e. The summed E-state index contributed by atoms with van der Waals surface area (Å²) in [5.74, 6) is -8.50. The molecule has 0 bridgehead atoms. The first-order valence-corrected chi connectivity index (χ1v) is 39.2. The van der Waals surface area contributed by atoms with Gasteiger partial charge in [0.05, 0.1) is 11.1 Å². The molecule has 0 fully saturated rings. The normalized spacial score (nSPS) is 12.4. The maximum Gasteiger partial charge on any atom is 0.387 e. The third kappa shape index (κ3) is 36.9. The van der Waals surface area contributed by atoms with Gasteiger partial charge in [-0.25, -0.2) is 19.4 Å². The van der Waals surface area contributed by atoms with Gasteiger partial charge in [-0.3, -0.25) is 38.4 Å². The SMILES string of the molecule is CCCCCCCCC(=O)OC(CCCCCC)C(=O)c1cccc(C(=O)OOC(=O)c2cccc(C(=O)C(CCCCCC)OC(=O)CCCCCCCC)c2C(=O)C(CCCCCC)OC(=O)CCCCCCCC)c1C(=O)C(CCCCCC)OC(=O)CCCCCCCC. The Hall–Kier alpha value is -6.06. The van der Waals surface area contributed by atoms with E-state index in [1.807, 2.05) is 27.7 Å². The molecule has 0 aromatic heterocycles. The number of esters is 4. The average molecular weight is 1370 g/mol. The van der Waals surface area contributed by atoms with Crippen molar-refractivity contribution >= 4 is 58.9 Å². The lowest BCUT2D eigenvalue weighted by atomic mass is 9.88. The van der Waals surface area contributed by atoms with Crippen molar-refractivity contribution in [1.29, 1.82) is 0 Å². The van der Waals surface area contributed by atoms with Gasteiger partial charge in [-0.05, 0) is 89.2 Å². The predicted octanol–water partition coefficient (Wildman–Crippen LogP) is 21.9. The number of ether oxygens (including phenoxy) is 4. The van der Waals surface area contributed by atoms with Crippen molar-refractivity contribution in [2.24, 2.45) is 0 Å². The highest BCUT2D eigenvalue weighted by molar-refractivity contribution is 6.18. The minimum atomic E-state index is -1.46. The average Bonchev–Trinajstić information content (AvgIpc) is 0.792. The van der Waals surface area contributed by atoms with Gasteiger partial charge >= 0.3 is 35.8 Å². The Morgan fingerprint density at radius 1 is 0.245 bits per heavy atom. The molecule has 0 heterocycles. The molecule has 0 saturated carbocycles. The van der Waals surface area contributed by atoms with Crippen LogP contribution in [0.25, 0.3) is 0 Å². The largest absolute Gasteiger partial charge is 0.454 e. The van der Waals surface area contributed by atoms with Crippen LogP contribution < -0.4 is 0 Å². The highest BCUT2D eigenvalue weighted by Crippen LogP contribution is 2.30. The summed E-state index contributed by atoms with van der Waals surface area (Å²) < 4.78 is 24.1. The lowest BCUT2D eigenvalue weighted by Crippen LogP contribution is -2.34. The van der Waals surface area contributed by atoms with Gasteiger partial charge in [0.15, 0.2) is 24.4 Å². The summed E-state index contributed by atoms with van der Waals surface area (Å²) in [5.41, 5.74) is -2.60. The fourth-order valence-corrected chi connectivity index (χ4v) is 12.3. The van der Waals surface area contributed by atoms with E-state index < -0.39 is 106 Å². The van der Waals surface area contributed by atoms with Gasteiger partial charge in [0.25, 0.3) is 0 Å². The molecular weight excluding hydrogens is 1240 g/mol. The molecule has 0 N–H and O–H groups in total. The minimum Gasteiger partial charge on any atom is -0.454 e. The summed E-state index contributed by atoms with van der Waals surface area (Å²) in [4.78, 5) is 157. The molecular formula is C82H130O16. The fraction of sp³-hybridized carbons (Fsp3) is 0.732. The molecule has 0 aliphatic heterocycles. The Morgan fingerprint density at radius 2 is 0.439 bits per heavy atom. The predicted molar refractivity (Wildman–Crippen MR) is 388 cm³/mol. The van der Waals surface area contributed by atoms with Gasteiger partial charge in [-0.2, -0.15) is 0 Å². The second kappa shape index (κ2) is 56.7. The number of hydrogen-bond acceptors (Lipinski definition) is 16. The molecule has 0 spiro atoms. The van der Waals surface area contributed by atoms with Crippen LogP contribution in [-0.4, -0.2) is 83.4 Å². The first kappa shape index (κ1) is 88.0. The first-order chi connectivity index (χ1) is 47.6. The zero-order chi connectivity index (χ0) is 72.0. The van der Waals surface area contributed by atoms with E-state index in [1.165, 1.54) is 36.4 Å². The first-order valence-electron chi connectivity index (χ1n) is 39.2. The fourth-order valence-electron chi connectivity index (χ4n) is 12.3. The maximum absolute atomic E-state index is 15.5. The summed E-state index contributed by atoms with van der Waals surface area (Å²) in [7, 11) is 0. The summed E-state index contributed by atoms with van der Waals surface area (Å²) in [6.07, 6.45) is 28.4. The number of ketones is 4. The van der Waals surface area contributed by atoms with Crippen LogP contribution >= 0.6 is 0 Å². The lowest BCUT2D eigenvalue weighted by molar-refractivity contribution is -0.187. The monoisotopic (exact) mass is 1370 g/mol. The molecule has 0 aliphatic carbocycles. The Bertz CT molecular complexity index is 2430. The molecule has 554 valence electrons. The molecule has 16 heteroatoms. The Morgan fingerprint density at radius 3 is 0.673 bits per heavy atom. The highest BCUT2D eigenvalue weighted by atomic mass is 17.2. The van der Waals surface area contributed by atoms with Crippen LogP contribution in [0.2, 0.25) is 0 Å². The highest BCUT2D eigenvalue weighted by Gasteiger charge is 2.38. The standard InChI is InChI=1S/C82H130O16/c1-9-17-25-33-37-45-59-71(83)93-67(55-41-29-21-13-5)77(87)63-51-49-53-65(75(63)79(89)69(57-43-31-23-15-7)95-73(85)61-47-39-35-27-19-11-3)81(91)97-98-82(92)66-54-50-52-64(78(88)68(56-42-30-22-14-6)94-72(84)60-46-38-34-26-18-10-2)76(66)80(90)70(58-44-32-24-16-8)96-74(86)62-48-40-36-28-20-12-4/h49-54,67-70H,9-48,55-62H2,1-8H3. The van der Waals surface area contributed by atoms with Crippen molar-refractivity contribution in [2.75, 3.05) is 0 Å². The van der Waals surface area contributed by atoms with Crippen LogP contribution in [0.15, 0.2) is 36.4 Å². The van der Waals surface area contributed by atoms with E-state index in [2.05, 4.69) is 27.7 Å². The van der Waals surface area contributed by atoms with Gasteiger partial charge in [-0.1, -0.05) is 285 Å². The van der Waals surface area contributed by atoms with Gasteiger partial charge < -0.3 is 18.9 Å². The van der Waals surface area contributed by atoms with Crippen LogP contribution in [-0.2, 0) is 47.9 Å². The van der Waals surface area contributed by atoms with E-state index in [9.17, 15) is 28.8 Å². The van der Waals surface area contributed by atoms with Crippen molar-refractivity contribution in [3.05, 3.63) is 69.8 Å². The number of hydrogen-bond donors (Lipinski definition) is 0. The Labute approximate surface area is 590 Å². The van der Waals surface area contributed by atoms with Crippen LogP contribution in [0, 0.1) is 0 Å². The maximum atomic E-state index is 15.5. The summed E-state index contributed by atoms with van der Waals surface area (Å²) >= 11 is 0. The van der Waals surface area contributed by atoms with E-state index >= 15 is 19.2 Å². The molecule has 16 nitrogen and oxygen atoms in total. The topological polar surface area (TPSA) is 226 Å². The zero-order valence-corrected chi connectivity index (χ0v) is 62.2. The van der Waals surface area contributed by atoms with Crippen LogP contribution in [0.4, 0.5) is 0 Å². The van der Waals surface area contributed by atoms with E-state index in [0.717, 1.165) is 193 Å². The summed E-state index contributed by atoms with van der Waals surface area (Å²) in [6.45, 7) is 16.7. The van der Waals surface area contributed by atoms with E-state index in [0.29, 0.717) is 64.2 Å². The van der Waals surface area contributed by atoms with Crippen molar-refractivity contribution in [2.45, 2.75) is 388 Å². The molecule has 0 saturated heterocycles. The summed E-state index contributed by atoms with van der Waals surface area (Å²) in [5, 5.41) is 0. The van der Waals surface area contributed by atoms with E-state index in [4.69, 9.17) is 28.7 Å². The zero-order valence-electron chi connectivity index (χ0n) is 62.2. The molecule has 0 radical (unpaired) electrons. The van der Waals surface area contributed by atoms with E-state index in [-0.39, 0.29) is 62.5 Å². The molecule has 2 aromatic carbocycles. The molecule has 4 unspecified atom stereocenters. The molecule has 2 aromatic rings. The van der Waals surface area contributed by atoms with Gasteiger partial charge in [-0.15, -0.1) is 0 Å². The van der Waals surface area contributed by atoms with Crippen LogP contribution in [0.3, 0.4) is 0 Å². The number of carbonyl (C=O) groups excluding carboxylic acids is 10. The van der Waals surface area contributed by atoms with Crippen molar-refractivity contribution < 1.29 is 76.7 Å². The summed E-state index contributed by atoms with van der Waals surface area (Å²) in [6, 6.07) is 7.86. The molecule has 98 heavy (non-hydrogen) atoms. The quantitative estimate of drug-likeness (QED) is 0.0150. The second-order valence-corrected chi connectivity index (χ2v) is 27.0. The number of benzene rings is 2. The Kier molecular flexibility index (Phi) is 50.9. The second-order valence-electron chi connectivity index (χ2n) is 27.0. The number of rotatable bonds is 62. The minimum absolute atomic E-state index is 0.0349. The molecule has 0 aliphatic rings. The number of unbranched alkanes of at least 4 members (excludes halogenated alkanes) is 32. The molecule has 0 amide bonds. The third-order valence-electron chi connectivity index (χ3n) is 18.3. The van der Waals surface area contributed by atoms with Crippen molar-refractivity contribution in [3.63, 3.8) is 0 Å². The van der Waals surface area contributed by atoms with Crippen LogP contribution in [0.1, 0.15) is 426 Å². The third-order valence-corrected chi connectivity index (χ3v) is 18.3. The van der Waals surface area contributed by atoms with E-state index in [1.54, 1.807) is 0 Å². The number of carbonyl (C=O) groups is 10. The van der Waals surface area contributed by atoms with Gasteiger partial charge in [0.2, 0.25) is 23.1 Å². The molecule has 2 rings (SSSR count). The number of Topliss-reactive ketones (excluding diaryl/α,β-unsaturated/α-hetero) is 4. The van der Waals surface area contributed by atoms with Crippen molar-refractivity contribution in [3.8, 4) is 0 Å². The Balaban J connectivity index is 2.97. The lowest BCUT2D eigenvalue weighted by Gasteiger charge is -2.23. The van der Waals surface area contributed by atoms with Gasteiger partial charge in [0.1, 0.15) is 0 Å².